The maximum absolute atomic E-state index is 12.3. The lowest BCUT2D eigenvalue weighted by atomic mass is 10.1. The average molecular weight is 465 g/mol. The largest absolute Gasteiger partial charge is 0.351 e. The number of amides is 3. The Morgan fingerprint density at radius 3 is 2.56 bits per heavy atom. The van der Waals surface area contributed by atoms with E-state index in [4.69, 9.17) is 5.73 Å². The summed E-state index contributed by atoms with van der Waals surface area (Å²) in [4.78, 5) is 33.2. The van der Waals surface area contributed by atoms with Crippen molar-refractivity contribution < 1.29 is 9.59 Å². The van der Waals surface area contributed by atoms with E-state index in [9.17, 15) is 9.59 Å². The summed E-state index contributed by atoms with van der Waals surface area (Å²) < 4.78 is 1.93. The number of fused-ring (bicyclic) bond motifs is 1. The molecule has 2 heterocycles. The number of nitrogens with zero attached hydrogens (tertiary/aromatic N) is 2. The van der Waals surface area contributed by atoms with Gasteiger partial charge >= 0.3 is 6.03 Å². The molecule has 1 unspecified atom stereocenters. The van der Waals surface area contributed by atoms with Crippen LogP contribution in [0, 0.1) is 5.92 Å². The van der Waals surface area contributed by atoms with Crippen molar-refractivity contribution in [3.63, 3.8) is 0 Å². The van der Waals surface area contributed by atoms with Gasteiger partial charge in [0.15, 0.2) is 0 Å². The molecule has 0 aliphatic carbocycles. The van der Waals surface area contributed by atoms with Gasteiger partial charge in [-0.05, 0) is 29.7 Å². The van der Waals surface area contributed by atoms with Gasteiger partial charge in [-0.15, -0.1) is 11.3 Å². The zero-order valence-corrected chi connectivity index (χ0v) is 17.8. The molecule has 0 radical (unpaired) electrons. The highest BCUT2D eigenvalue weighted by molar-refractivity contribution is 9.10. The van der Waals surface area contributed by atoms with E-state index in [1.165, 1.54) is 18.1 Å². The Bertz CT molecular complexity index is 989. The first-order valence-electron chi connectivity index (χ1n) is 8.12. The van der Waals surface area contributed by atoms with E-state index in [0.29, 0.717) is 5.03 Å². The van der Waals surface area contributed by atoms with Crippen LogP contribution in [0.3, 0.4) is 0 Å². The van der Waals surface area contributed by atoms with Gasteiger partial charge < -0.3 is 5.73 Å². The van der Waals surface area contributed by atoms with Crippen LogP contribution in [0.25, 0.3) is 20.7 Å². The Balaban J connectivity index is 1.95. The molecule has 0 aliphatic rings. The van der Waals surface area contributed by atoms with Crippen LogP contribution in [-0.2, 0) is 4.79 Å². The Kier molecular flexibility index (Phi) is 6.13. The van der Waals surface area contributed by atoms with Crippen LogP contribution in [0.15, 0.2) is 46.2 Å². The number of primary amides is 1. The fourth-order valence-electron chi connectivity index (χ4n) is 2.48. The molecular formula is C18H17BrN4O2S2. The molecule has 1 atom stereocenters. The van der Waals surface area contributed by atoms with Gasteiger partial charge in [0.2, 0.25) is 5.91 Å². The van der Waals surface area contributed by atoms with Crippen LogP contribution >= 0.6 is 39.0 Å². The van der Waals surface area contributed by atoms with E-state index >= 15 is 0 Å². The predicted molar refractivity (Wildman–Crippen MR) is 113 cm³/mol. The van der Waals surface area contributed by atoms with E-state index in [1.807, 2.05) is 44.2 Å². The second-order valence-electron chi connectivity index (χ2n) is 6.15. The summed E-state index contributed by atoms with van der Waals surface area (Å²) in [6.45, 7) is 3.83. The second-order valence-corrected chi connectivity index (χ2v) is 9.24. The Hall–Kier alpha value is -1.97. The topological polar surface area (TPSA) is 98.0 Å². The zero-order valence-electron chi connectivity index (χ0n) is 14.6. The van der Waals surface area contributed by atoms with E-state index in [-0.39, 0.29) is 5.92 Å². The summed E-state index contributed by atoms with van der Waals surface area (Å²) in [5.41, 5.74) is 7.00. The smallest absolute Gasteiger partial charge is 0.318 e. The molecule has 3 N–H and O–H groups in total. The van der Waals surface area contributed by atoms with Gasteiger partial charge in [0, 0.05) is 9.35 Å². The molecule has 0 saturated heterocycles. The summed E-state index contributed by atoms with van der Waals surface area (Å²) in [6.07, 6.45) is 1.49. The normalized spacial score (nSPS) is 12.3. The Labute approximate surface area is 173 Å². The van der Waals surface area contributed by atoms with Gasteiger partial charge in [-0.25, -0.2) is 14.8 Å². The lowest BCUT2D eigenvalue weighted by Crippen LogP contribution is -2.42. The SMILES string of the molecule is CC(C)C(Sc1ncnc2cc(-c3ccc(Br)cc3)sc12)C(=O)NC(N)=O. The van der Waals surface area contributed by atoms with Crippen molar-refractivity contribution in [1.29, 1.82) is 0 Å². The molecule has 2 aromatic heterocycles. The minimum Gasteiger partial charge on any atom is -0.351 e. The number of imide groups is 1. The molecular weight excluding hydrogens is 448 g/mol. The lowest BCUT2D eigenvalue weighted by Gasteiger charge is -2.18. The van der Waals surface area contributed by atoms with Crippen LogP contribution in [0.2, 0.25) is 0 Å². The summed E-state index contributed by atoms with van der Waals surface area (Å²) in [7, 11) is 0. The first-order chi connectivity index (χ1) is 12.8. The van der Waals surface area contributed by atoms with E-state index in [1.54, 1.807) is 11.3 Å². The number of benzene rings is 1. The van der Waals surface area contributed by atoms with Gasteiger partial charge in [-0.2, -0.15) is 0 Å². The monoisotopic (exact) mass is 464 g/mol. The second kappa shape index (κ2) is 8.37. The summed E-state index contributed by atoms with van der Waals surface area (Å²) in [5.74, 6) is -0.427. The van der Waals surface area contributed by atoms with E-state index < -0.39 is 17.2 Å². The molecule has 6 nitrogen and oxygen atoms in total. The highest BCUT2D eigenvalue weighted by Crippen LogP contribution is 2.39. The lowest BCUT2D eigenvalue weighted by molar-refractivity contribution is -0.120. The molecule has 1 aromatic carbocycles. The third-order valence-corrected chi connectivity index (χ3v) is 7.14. The fourth-order valence-corrected chi connectivity index (χ4v) is 5.01. The van der Waals surface area contributed by atoms with Crippen molar-refractivity contribution in [3.05, 3.63) is 41.1 Å². The van der Waals surface area contributed by atoms with Gasteiger partial charge in [0.1, 0.15) is 11.4 Å². The number of thioether (sulfide) groups is 1. The van der Waals surface area contributed by atoms with E-state index in [2.05, 4.69) is 31.2 Å². The van der Waals surface area contributed by atoms with Crippen molar-refractivity contribution in [1.82, 2.24) is 15.3 Å². The molecule has 0 bridgehead atoms. The maximum Gasteiger partial charge on any atom is 0.318 e. The number of hydrogen-bond acceptors (Lipinski definition) is 6. The highest BCUT2D eigenvalue weighted by atomic mass is 79.9. The van der Waals surface area contributed by atoms with Crippen molar-refractivity contribution in [2.45, 2.75) is 24.1 Å². The number of halogens is 1. The molecule has 3 amide bonds. The van der Waals surface area contributed by atoms with Crippen LogP contribution < -0.4 is 11.1 Å². The first kappa shape index (κ1) is 19.8. The predicted octanol–water partition coefficient (Wildman–Crippen LogP) is 4.43. The molecule has 140 valence electrons. The Morgan fingerprint density at radius 2 is 1.93 bits per heavy atom. The maximum atomic E-state index is 12.3. The van der Waals surface area contributed by atoms with Crippen molar-refractivity contribution in [2.75, 3.05) is 0 Å². The number of rotatable bonds is 5. The van der Waals surface area contributed by atoms with Crippen molar-refractivity contribution >= 4 is 61.2 Å². The van der Waals surface area contributed by atoms with Crippen molar-refractivity contribution in [3.8, 4) is 10.4 Å². The molecule has 0 spiro atoms. The minimum atomic E-state index is -0.854. The number of nitrogens with one attached hydrogen (secondary N) is 1. The van der Waals surface area contributed by atoms with Crippen molar-refractivity contribution in [2.24, 2.45) is 11.7 Å². The number of nitrogens with two attached hydrogens (primary N) is 1. The van der Waals surface area contributed by atoms with Gasteiger partial charge in [0.25, 0.3) is 0 Å². The third-order valence-electron chi connectivity index (χ3n) is 3.76. The first-order valence-corrected chi connectivity index (χ1v) is 10.6. The van der Waals surface area contributed by atoms with Gasteiger partial charge in [0.05, 0.1) is 15.5 Å². The molecule has 0 fully saturated rings. The summed E-state index contributed by atoms with van der Waals surface area (Å²) >= 11 is 6.34. The molecule has 27 heavy (non-hydrogen) atoms. The van der Waals surface area contributed by atoms with Crippen LogP contribution in [0.4, 0.5) is 4.79 Å². The Morgan fingerprint density at radius 1 is 1.22 bits per heavy atom. The highest BCUT2D eigenvalue weighted by Gasteiger charge is 2.26. The molecule has 9 heteroatoms. The summed E-state index contributed by atoms with van der Waals surface area (Å²) in [5, 5.41) is 2.39. The quantitative estimate of drug-likeness (QED) is 0.429. The standard InChI is InChI=1S/C18H17BrN4O2S2/c1-9(2)14(16(24)23-18(20)25)27-17-15-12(21-8-22-17)7-13(26-15)10-3-5-11(19)6-4-10/h3-9,14H,1-2H3,(H3,20,23,24,25). The molecule has 3 aromatic rings. The minimum absolute atomic E-state index is 0.00901. The van der Waals surface area contributed by atoms with Crippen LogP contribution in [0.5, 0.6) is 0 Å². The number of carbonyl (C=O) groups is 2. The average Bonchev–Trinajstić information content (AvgIpc) is 3.04. The van der Waals surface area contributed by atoms with E-state index in [0.717, 1.165) is 25.1 Å². The number of hydrogen-bond donors (Lipinski definition) is 2. The third kappa shape index (κ3) is 4.66. The number of thiophene rings is 1. The van der Waals surface area contributed by atoms with Gasteiger partial charge in [-0.1, -0.05) is 53.7 Å². The molecule has 0 saturated carbocycles. The zero-order chi connectivity index (χ0) is 19.6. The molecule has 0 aliphatic heterocycles. The van der Waals surface area contributed by atoms with Crippen LogP contribution in [0.1, 0.15) is 13.8 Å². The van der Waals surface area contributed by atoms with Gasteiger partial charge in [-0.3, -0.25) is 10.1 Å². The summed E-state index contributed by atoms with van der Waals surface area (Å²) in [6, 6.07) is 9.21. The molecule has 3 rings (SSSR count). The van der Waals surface area contributed by atoms with Crippen LogP contribution in [-0.4, -0.2) is 27.2 Å². The number of urea groups is 1. The number of carbonyl (C=O) groups excluding carboxylic acids is 2. The fraction of sp³-hybridized carbons (Fsp3) is 0.222. The number of aromatic nitrogens is 2.